The van der Waals surface area contributed by atoms with Crippen LogP contribution in [0.1, 0.15) is 28.4 Å². The Morgan fingerprint density at radius 1 is 1.33 bits per heavy atom. The van der Waals surface area contributed by atoms with E-state index >= 15 is 0 Å². The van der Waals surface area contributed by atoms with Gasteiger partial charge in [-0.25, -0.2) is 4.79 Å². The van der Waals surface area contributed by atoms with Gasteiger partial charge >= 0.3 is 5.97 Å². The van der Waals surface area contributed by atoms with Crippen LogP contribution in [0.15, 0.2) is 24.3 Å². The maximum absolute atomic E-state index is 12.1. The molecule has 92 valence electrons. The number of carbonyl (C=O) groups excluding carboxylic acids is 3. The standard InChI is InChI=1S/C13H11NO4/c1-18-13(17)11-7-4-2-3-5-8(7)12(16)9-6-10(15)14(9)11/h2-5,9,11H,6H2,1H3/t9-,11+/m0/s1. The number of hydrogen-bond donors (Lipinski definition) is 0. The zero-order chi connectivity index (χ0) is 12.9. The van der Waals surface area contributed by atoms with E-state index in [9.17, 15) is 14.4 Å². The number of Topliss-reactive ketones (excluding diaryl/α,β-unsaturated/α-hetero) is 1. The Hall–Kier alpha value is -2.17. The maximum Gasteiger partial charge on any atom is 0.333 e. The highest BCUT2D eigenvalue weighted by molar-refractivity contribution is 6.12. The monoisotopic (exact) mass is 245 g/mol. The Labute approximate surface area is 103 Å². The largest absolute Gasteiger partial charge is 0.467 e. The van der Waals surface area contributed by atoms with Crippen LogP contribution in [0.2, 0.25) is 0 Å². The Balaban J connectivity index is 2.16. The summed E-state index contributed by atoms with van der Waals surface area (Å²) in [5, 5.41) is 0. The van der Waals surface area contributed by atoms with Crippen molar-refractivity contribution in [1.29, 1.82) is 0 Å². The molecule has 2 aliphatic heterocycles. The van der Waals surface area contributed by atoms with Crippen LogP contribution in [0.25, 0.3) is 0 Å². The molecule has 0 radical (unpaired) electrons. The Kier molecular flexibility index (Phi) is 2.23. The van der Waals surface area contributed by atoms with E-state index in [4.69, 9.17) is 4.74 Å². The Morgan fingerprint density at radius 2 is 2.06 bits per heavy atom. The van der Waals surface area contributed by atoms with Crippen molar-refractivity contribution in [1.82, 2.24) is 4.90 Å². The van der Waals surface area contributed by atoms with Crippen molar-refractivity contribution in [3.8, 4) is 0 Å². The molecule has 1 aromatic rings. The fourth-order valence-electron chi connectivity index (χ4n) is 2.61. The molecule has 0 aromatic heterocycles. The number of nitrogens with zero attached hydrogens (tertiary/aromatic N) is 1. The highest BCUT2D eigenvalue weighted by Crippen LogP contribution is 2.40. The minimum atomic E-state index is -0.782. The summed E-state index contributed by atoms with van der Waals surface area (Å²) in [4.78, 5) is 36.9. The average molecular weight is 245 g/mol. The Bertz CT molecular complexity index is 566. The first-order chi connectivity index (χ1) is 8.65. The molecule has 1 saturated heterocycles. The number of amides is 1. The number of ketones is 1. The summed E-state index contributed by atoms with van der Waals surface area (Å²) in [6, 6.07) is 5.59. The molecule has 0 unspecified atom stereocenters. The molecule has 0 saturated carbocycles. The second-order valence-corrected chi connectivity index (χ2v) is 4.40. The fraction of sp³-hybridized carbons (Fsp3) is 0.308. The van der Waals surface area contributed by atoms with Crippen LogP contribution in [-0.2, 0) is 14.3 Å². The molecule has 2 heterocycles. The molecule has 5 heteroatoms. The van der Waals surface area contributed by atoms with Gasteiger partial charge in [-0.15, -0.1) is 0 Å². The predicted molar refractivity (Wildman–Crippen MR) is 60.8 cm³/mol. The maximum atomic E-state index is 12.1. The van der Waals surface area contributed by atoms with Crippen LogP contribution in [-0.4, -0.2) is 35.7 Å². The van der Waals surface area contributed by atoms with Gasteiger partial charge in [-0.3, -0.25) is 9.59 Å². The zero-order valence-electron chi connectivity index (χ0n) is 9.75. The molecule has 2 aliphatic rings. The van der Waals surface area contributed by atoms with E-state index in [1.807, 2.05) is 0 Å². The van der Waals surface area contributed by atoms with Gasteiger partial charge in [0.1, 0.15) is 6.04 Å². The zero-order valence-corrected chi connectivity index (χ0v) is 9.75. The van der Waals surface area contributed by atoms with E-state index in [-0.39, 0.29) is 18.1 Å². The van der Waals surface area contributed by atoms with Gasteiger partial charge in [-0.2, -0.15) is 0 Å². The van der Waals surface area contributed by atoms with Crippen LogP contribution in [0.5, 0.6) is 0 Å². The minimum Gasteiger partial charge on any atom is -0.467 e. The number of esters is 1. The number of fused-ring (bicyclic) bond motifs is 2. The van der Waals surface area contributed by atoms with Crippen molar-refractivity contribution < 1.29 is 19.1 Å². The molecule has 0 N–H and O–H groups in total. The highest BCUT2D eigenvalue weighted by atomic mass is 16.5. The average Bonchev–Trinajstić information content (AvgIpc) is 2.39. The summed E-state index contributed by atoms with van der Waals surface area (Å²) >= 11 is 0. The molecule has 1 aromatic carbocycles. The van der Waals surface area contributed by atoms with Crippen molar-refractivity contribution in [2.24, 2.45) is 0 Å². The summed E-state index contributed by atoms with van der Waals surface area (Å²) in [5.41, 5.74) is 1.07. The third-order valence-corrected chi connectivity index (χ3v) is 3.52. The van der Waals surface area contributed by atoms with Gasteiger partial charge in [0.15, 0.2) is 11.8 Å². The molecule has 0 spiro atoms. The molecule has 18 heavy (non-hydrogen) atoms. The third kappa shape index (κ3) is 1.24. The number of β-lactam (4-membered cyclic amide) rings is 1. The summed E-state index contributed by atoms with van der Waals surface area (Å²) in [7, 11) is 1.28. The van der Waals surface area contributed by atoms with Gasteiger partial charge in [0.25, 0.3) is 0 Å². The third-order valence-electron chi connectivity index (χ3n) is 3.52. The van der Waals surface area contributed by atoms with E-state index < -0.39 is 18.1 Å². The lowest BCUT2D eigenvalue weighted by Gasteiger charge is -2.47. The predicted octanol–water partition coefficient (Wildman–Crippen LogP) is 0.698. The molecular formula is C13H11NO4. The van der Waals surface area contributed by atoms with Crippen molar-refractivity contribution in [2.75, 3.05) is 7.11 Å². The summed E-state index contributed by atoms with van der Waals surface area (Å²) in [6.45, 7) is 0. The molecule has 1 amide bonds. The van der Waals surface area contributed by atoms with Crippen LogP contribution in [0.4, 0.5) is 0 Å². The first kappa shape index (κ1) is 11.0. The first-order valence-corrected chi connectivity index (χ1v) is 5.67. The lowest BCUT2D eigenvalue weighted by Crippen LogP contribution is -2.62. The number of methoxy groups -OCH3 is 1. The van der Waals surface area contributed by atoms with Crippen molar-refractivity contribution in [2.45, 2.75) is 18.5 Å². The van der Waals surface area contributed by atoms with Gasteiger partial charge < -0.3 is 9.64 Å². The van der Waals surface area contributed by atoms with E-state index in [2.05, 4.69) is 0 Å². The minimum absolute atomic E-state index is 0.0923. The molecule has 1 fully saturated rings. The topological polar surface area (TPSA) is 63.7 Å². The number of carbonyl (C=O) groups is 3. The number of rotatable bonds is 1. The van der Waals surface area contributed by atoms with Crippen molar-refractivity contribution in [3.05, 3.63) is 35.4 Å². The Morgan fingerprint density at radius 3 is 2.72 bits per heavy atom. The van der Waals surface area contributed by atoms with Gasteiger partial charge in [0.2, 0.25) is 5.91 Å². The van der Waals surface area contributed by atoms with Crippen molar-refractivity contribution in [3.63, 3.8) is 0 Å². The van der Waals surface area contributed by atoms with Crippen molar-refractivity contribution >= 4 is 17.7 Å². The number of hydrogen-bond acceptors (Lipinski definition) is 4. The lowest BCUT2D eigenvalue weighted by atomic mass is 9.81. The van der Waals surface area contributed by atoms with Crippen LogP contribution in [0, 0.1) is 0 Å². The molecular weight excluding hydrogens is 234 g/mol. The van der Waals surface area contributed by atoms with E-state index in [0.29, 0.717) is 11.1 Å². The molecule has 5 nitrogen and oxygen atoms in total. The van der Waals surface area contributed by atoms with E-state index in [1.54, 1.807) is 24.3 Å². The smallest absolute Gasteiger partial charge is 0.333 e. The van der Waals surface area contributed by atoms with Crippen LogP contribution < -0.4 is 0 Å². The van der Waals surface area contributed by atoms with Gasteiger partial charge in [-0.05, 0) is 5.56 Å². The van der Waals surface area contributed by atoms with Crippen LogP contribution in [0.3, 0.4) is 0 Å². The quantitative estimate of drug-likeness (QED) is 0.539. The van der Waals surface area contributed by atoms with Crippen LogP contribution >= 0.6 is 0 Å². The summed E-state index contributed by atoms with van der Waals surface area (Å²) in [5.74, 6) is -0.781. The van der Waals surface area contributed by atoms with Gasteiger partial charge in [-0.1, -0.05) is 24.3 Å². The second kappa shape index (κ2) is 3.66. The molecule has 2 atom stereocenters. The fourth-order valence-corrected chi connectivity index (χ4v) is 2.61. The summed E-state index contributed by atoms with van der Waals surface area (Å²) in [6.07, 6.45) is 0.181. The highest BCUT2D eigenvalue weighted by Gasteiger charge is 2.52. The molecule has 0 bridgehead atoms. The van der Waals surface area contributed by atoms with Gasteiger partial charge in [0.05, 0.1) is 13.5 Å². The summed E-state index contributed by atoms with van der Waals surface area (Å²) < 4.78 is 4.74. The second-order valence-electron chi connectivity index (χ2n) is 4.40. The van der Waals surface area contributed by atoms with Gasteiger partial charge in [0, 0.05) is 5.56 Å². The molecule has 0 aliphatic carbocycles. The molecule has 3 rings (SSSR count). The number of ether oxygens (including phenoxy) is 1. The van der Waals surface area contributed by atoms with E-state index in [0.717, 1.165) is 0 Å². The number of benzene rings is 1. The SMILES string of the molecule is COC(=O)[C@H]1c2ccccc2C(=O)[C@@H]2CC(=O)N21. The first-order valence-electron chi connectivity index (χ1n) is 5.67. The lowest BCUT2D eigenvalue weighted by molar-refractivity contribution is -0.162. The normalized spacial score (nSPS) is 25.1. The van der Waals surface area contributed by atoms with E-state index in [1.165, 1.54) is 12.0 Å².